The fourth-order valence-corrected chi connectivity index (χ4v) is 2.51. The van der Waals surface area contributed by atoms with E-state index in [0.29, 0.717) is 12.4 Å². The van der Waals surface area contributed by atoms with E-state index in [1.807, 2.05) is 6.92 Å². The molecular weight excluding hydrogens is 264 g/mol. The van der Waals surface area contributed by atoms with E-state index in [9.17, 15) is 8.42 Å². The Morgan fingerprint density at radius 1 is 1.16 bits per heavy atom. The summed E-state index contributed by atoms with van der Waals surface area (Å²) in [5.41, 5.74) is 0. The first-order chi connectivity index (χ1) is 9.12. The van der Waals surface area contributed by atoms with Gasteiger partial charge in [0.05, 0.1) is 11.5 Å². The molecule has 1 aromatic heterocycles. The van der Waals surface area contributed by atoms with Gasteiger partial charge in [-0.05, 0) is 43.3 Å². The molecule has 0 unspecified atom stereocenters. The molecule has 2 aromatic rings. The molecule has 0 saturated heterocycles. The van der Waals surface area contributed by atoms with Crippen LogP contribution in [0.5, 0.6) is 5.75 Å². The van der Waals surface area contributed by atoms with E-state index in [1.54, 1.807) is 30.3 Å². The normalized spacial score (nSPS) is 11.0. The summed E-state index contributed by atoms with van der Waals surface area (Å²) >= 11 is 0. The van der Waals surface area contributed by atoms with Crippen LogP contribution in [0.2, 0.25) is 0 Å². The molecule has 1 heterocycles. The standard InChI is InChI=1S/C13H14N2O3S/c1-2-18-11-6-8-12(9-7-11)19(16,17)15-13-5-3-4-10-14-13/h3-10H,2H2,1H3,(H,14,15). The van der Waals surface area contributed by atoms with Crippen LogP contribution >= 0.6 is 0 Å². The molecule has 1 N–H and O–H groups in total. The molecule has 0 radical (unpaired) electrons. The molecule has 100 valence electrons. The van der Waals surface area contributed by atoms with Gasteiger partial charge in [-0.25, -0.2) is 13.4 Å². The third kappa shape index (κ3) is 3.45. The van der Waals surface area contributed by atoms with Crippen LogP contribution in [0.3, 0.4) is 0 Å². The third-order valence-corrected chi connectivity index (χ3v) is 3.72. The zero-order chi connectivity index (χ0) is 13.7. The number of hydrogen-bond acceptors (Lipinski definition) is 4. The summed E-state index contributed by atoms with van der Waals surface area (Å²) in [7, 11) is -3.61. The van der Waals surface area contributed by atoms with Gasteiger partial charge in [0.25, 0.3) is 10.0 Å². The van der Waals surface area contributed by atoms with E-state index in [4.69, 9.17) is 4.74 Å². The highest BCUT2D eigenvalue weighted by atomic mass is 32.2. The van der Waals surface area contributed by atoms with Gasteiger partial charge in [-0.3, -0.25) is 4.72 Å². The Morgan fingerprint density at radius 2 is 1.89 bits per heavy atom. The minimum atomic E-state index is -3.61. The van der Waals surface area contributed by atoms with Crippen molar-refractivity contribution in [3.8, 4) is 5.75 Å². The second-order valence-corrected chi connectivity index (χ2v) is 5.41. The van der Waals surface area contributed by atoms with E-state index in [-0.39, 0.29) is 10.7 Å². The van der Waals surface area contributed by atoms with E-state index in [2.05, 4.69) is 9.71 Å². The Morgan fingerprint density at radius 3 is 2.47 bits per heavy atom. The van der Waals surface area contributed by atoms with Crippen molar-refractivity contribution in [2.75, 3.05) is 11.3 Å². The Bertz CT molecular complexity index is 625. The van der Waals surface area contributed by atoms with Crippen LogP contribution in [0.25, 0.3) is 0 Å². The minimum absolute atomic E-state index is 0.168. The van der Waals surface area contributed by atoms with E-state index in [0.717, 1.165) is 0 Å². The molecule has 2 rings (SSSR count). The minimum Gasteiger partial charge on any atom is -0.494 e. The van der Waals surface area contributed by atoms with E-state index >= 15 is 0 Å². The molecule has 0 fully saturated rings. The number of nitrogens with zero attached hydrogens (tertiary/aromatic N) is 1. The second-order valence-electron chi connectivity index (χ2n) is 3.72. The van der Waals surface area contributed by atoms with Crippen molar-refractivity contribution >= 4 is 15.8 Å². The van der Waals surface area contributed by atoms with Crippen molar-refractivity contribution in [2.45, 2.75) is 11.8 Å². The second kappa shape index (κ2) is 5.71. The summed E-state index contributed by atoms with van der Waals surface area (Å²) in [6.07, 6.45) is 1.52. The lowest BCUT2D eigenvalue weighted by atomic mass is 10.3. The van der Waals surface area contributed by atoms with Crippen LogP contribution in [-0.4, -0.2) is 20.0 Å². The van der Waals surface area contributed by atoms with Crippen LogP contribution in [0.4, 0.5) is 5.82 Å². The Hall–Kier alpha value is -2.08. The number of anilines is 1. The van der Waals surface area contributed by atoms with Gasteiger partial charge in [0.2, 0.25) is 0 Å². The van der Waals surface area contributed by atoms with Crippen LogP contribution in [0, 0.1) is 0 Å². The number of hydrogen-bond donors (Lipinski definition) is 1. The maximum Gasteiger partial charge on any atom is 0.263 e. The first kappa shape index (κ1) is 13.4. The Labute approximate surface area is 112 Å². The van der Waals surface area contributed by atoms with Gasteiger partial charge >= 0.3 is 0 Å². The van der Waals surface area contributed by atoms with Crippen molar-refractivity contribution in [3.63, 3.8) is 0 Å². The maximum absolute atomic E-state index is 12.1. The highest BCUT2D eigenvalue weighted by Crippen LogP contribution is 2.18. The fraction of sp³-hybridized carbons (Fsp3) is 0.154. The van der Waals surface area contributed by atoms with Gasteiger partial charge in [0.1, 0.15) is 11.6 Å². The first-order valence-electron chi connectivity index (χ1n) is 5.78. The highest BCUT2D eigenvalue weighted by Gasteiger charge is 2.14. The number of rotatable bonds is 5. The van der Waals surface area contributed by atoms with E-state index < -0.39 is 10.0 Å². The lowest BCUT2D eigenvalue weighted by molar-refractivity contribution is 0.340. The van der Waals surface area contributed by atoms with Gasteiger partial charge in [-0.2, -0.15) is 0 Å². The molecule has 0 spiro atoms. The fourth-order valence-electron chi connectivity index (χ4n) is 1.50. The SMILES string of the molecule is CCOc1ccc(S(=O)(=O)Nc2ccccn2)cc1. The first-order valence-corrected chi connectivity index (χ1v) is 7.27. The zero-order valence-electron chi connectivity index (χ0n) is 10.4. The monoisotopic (exact) mass is 278 g/mol. The predicted molar refractivity (Wildman–Crippen MR) is 72.7 cm³/mol. The molecular formula is C13H14N2O3S. The van der Waals surface area contributed by atoms with Gasteiger partial charge < -0.3 is 4.74 Å². The number of ether oxygens (including phenoxy) is 1. The summed E-state index contributed by atoms with van der Waals surface area (Å²) in [5, 5.41) is 0. The molecule has 0 aliphatic heterocycles. The van der Waals surface area contributed by atoms with Crippen molar-refractivity contribution in [3.05, 3.63) is 48.7 Å². The topological polar surface area (TPSA) is 68.3 Å². The average Bonchev–Trinajstić information content (AvgIpc) is 2.40. The molecule has 0 atom stereocenters. The zero-order valence-corrected chi connectivity index (χ0v) is 11.2. The number of aromatic nitrogens is 1. The maximum atomic E-state index is 12.1. The van der Waals surface area contributed by atoms with E-state index in [1.165, 1.54) is 18.3 Å². The number of sulfonamides is 1. The van der Waals surface area contributed by atoms with Gasteiger partial charge in [0, 0.05) is 6.20 Å². The summed E-state index contributed by atoms with van der Waals surface area (Å²) in [6.45, 7) is 2.41. The molecule has 5 nitrogen and oxygen atoms in total. The summed E-state index contributed by atoms with van der Waals surface area (Å²) < 4.78 is 31.8. The lowest BCUT2D eigenvalue weighted by Crippen LogP contribution is -2.13. The van der Waals surface area contributed by atoms with Gasteiger partial charge in [-0.15, -0.1) is 0 Å². The van der Waals surface area contributed by atoms with Crippen LogP contribution < -0.4 is 9.46 Å². The quantitative estimate of drug-likeness (QED) is 0.911. The van der Waals surface area contributed by atoms with Crippen molar-refractivity contribution < 1.29 is 13.2 Å². The molecule has 1 aromatic carbocycles. The molecule has 0 aliphatic carbocycles. The molecule has 0 aliphatic rings. The molecule has 6 heteroatoms. The molecule has 0 amide bonds. The Kier molecular flexibility index (Phi) is 4.01. The highest BCUT2D eigenvalue weighted by molar-refractivity contribution is 7.92. The summed E-state index contributed by atoms with van der Waals surface area (Å²) in [6, 6.07) is 11.3. The summed E-state index contributed by atoms with van der Waals surface area (Å²) in [4.78, 5) is 4.09. The van der Waals surface area contributed by atoms with Crippen LogP contribution in [0.1, 0.15) is 6.92 Å². The number of nitrogens with one attached hydrogen (secondary N) is 1. The van der Waals surface area contributed by atoms with Crippen LogP contribution in [-0.2, 0) is 10.0 Å². The van der Waals surface area contributed by atoms with Crippen molar-refractivity contribution in [1.82, 2.24) is 4.98 Å². The number of benzene rings is 1. The van der Waals surface area contributed by atoms with Crippen molar-refractivity contribution in [1.29, 1.82) is 0 Å². The molecule has 0 bridgehead atoms. The molecule has 19 heavy (non-hydrogen) atoms. The Balaban J connectivity index is 2.20. The number of pyridine rings is 1. The third-order valence-electron chi connectivity index (χ3n) is 2.35. The van der Waals surface area contributed by atoms with Gasteiger partial charge in [-0.1, -0.05) is 6.07 Å². The largest absolute Gasteiger partial charge is 0.494 e. The van der Waals surface area contributed by atoms with Crippen LogP contribution in [0.15, 0.2) is 53.6 Å². The lowest BCUT2D eigenvalue weighted by Gasteiger charge is -2.08. The smallest absolute Gasteiger partial charge is 0.263 e. The van der Waals surface area contributed by atoms with Crippen molar-refractivity contribution in [2.24, 2.45) is 0 Å². The average molecular weight is 278 g/mol. The molecule has 0 saturated carbocycles. The van der Waals surface area contributed by atoms with Gasteiger partial charge in [0.15, 0.2) is 0 Å². The summed E-state index contributed by atoms with van der Waals surface area (Å²) in [5.74, 6) is 0.927. The predicted octanol–water partition coefficient (Wildman–Crippen LogP) is 2.28.